The van der Waals surface area contributed by atoms with Crippen molar-refractivity contribution in [3.05, 3.63) is 59.7 Å². The molecule has 1 saturated heterocycles. The van der Waals surface area contributed by atoms with Gasteiger partial charge in [0.15, 0.2) is 0 Å². The summed E-state index contributed by atoms with van der Waals surface area (Å²) in [5.74, 6) is 0. The van der Waals surface area contributed by atoms with Crippen LogP contribution in [0.2, 0.25) is 0 Å². The van der Waals surface area contributed by atoms with Gasteiger partial charge in [0, 0.05) is 56.5 Å². The maximum Gasteiger partial charge on any atom is 0.0477 e. The van der Waals surface area contributed by atoms with Gasteiger partial charge in [-0.3, -0.25) is 14.9 Å². The summed E-state index contributed by atoms with van der Waals surface area (Å²) in [7, 11) is 0. The highest BCUT2D eigenvalue weighted by molar-refractivity contribution is 5.18. The fourth-order valence-electron chi connectivity index (χ4n) is 2.68. The van der Waals surface area contributed by atoms with Crippen molar-refractivity contribution < 1.29 is 0 Å². The number of hydrogen-bond acceptors (Lipinski definition) is 4. The van der Waals surface area contributed by atoms with Crippen LogP contribution >= 0.6 is 0 Å². The minimum absolute atomic E-state index is 0.410. The molecule has 1 atom stereocenters. The molecule has 3 heterocycles. The number of aryl methyl sites for hydroxylation is 1. The van der Waals surface area contributed by atoms with E-state index in [1.807, 2.05) is 25.5 Å². The highest BCUT2D eigenvalue weighted by Gasteiger charge is 2.23. The molecule has 20 heavy (non-hydrogen) atoms. The molecule has 0 aliphatic carbocycles. The molecule has 0 spiro atoms. The van der Waals surface area contributed by atoms with Crippen LogP contribution in [0.3, 0.4) is 0 Å². The molecule has 0 aromatic carbocycles. The zero-order valence-corrected chi connectivity index (χ0v) is 11.8. The Kier molecular flexibility index (Phi) is 4.04. The Morgan fingerprint density at radius 2 is 2.10 bits per heavy atom. The summed E-state index contributed by atoms with van der Waals surface area (Å²) < 4.78 is 0. The van der Waals surface area contributed by atoms with Crippen molar-refractivity contribution in [3.8, 4) is 0 Å². The lowest BCUT2D eigenvalue weighted by molar-refractivity contribution is 0.153. The molecule has 1 N–H and O–H groups in total. The smallest absolute Gasteiger partial charge is 0.0477 e. The van der Waals surface area contributed by atoms with Crippen LogP contribution in [0, 0.1) is 6.92 Å². The summed E-state index contributed by atoms with van der Waals surface area (Å²) in [5.41, 5.74) is 3.67. The Morgan fingerprint density at radius 3 is 2.85 bits per heavy atom. The third-order valence-electron chi connectivity index (χ3n) is 3.80. The molecule has 0 saturated carbocycles. The van der Waals surface area contributed by atoms with E-state index in [-0.39, 0.29) is 0 Å². The number of pyridine rings is 2. The van der Waals surface area contributed by atoms with Gasteiger partial charge in [-0.25, -0.2) is 0 Å². The molecular formula is C16H20N4. The second-order valence-corrected chi connectivity index (χ2v) is 5.28. The predicted molar refractivity (Wildman–Crippen MR) is 79.2 cm³/mol. The molecule has 1 fully saturated rings. The van der Waals surface area contributed by atoms with Crippen molar-refractivity contribution >= 4 is 0 Å². The molecule has 0 amide bonds. The molecule has 0 radical (unpaired) electrons. The van der Waals surface area contributed by atoms with Crippen LogP contribution in [0.15, 0.2) is 42.9 Å². The summed E-state index contributed by atoms with van der Waals surface area (Å²) in [5, 5.41) is 3.48. The lowest BCUT2D eigenvalue weighted by atomic mass is 10.0. The van der Waals surface area contributed by atoms with Crippen LogP contribution in [0.4, 0.5) is 0 Å². The molecule has 3 rings (SSSR count). The van der Waals surface area contributed by atoms with E-state index in [1.165, 1.54) is 11.1 Å². The van der Waals surface area contributed by atoms with Crippen LogP contribution < -0.4 is 5.32 Å². The van der Waals surface area contributed by atoms with Gasteiger partial charge >= 0.3 is 0 Å². The van der Waals surface area contributed by atoms with E-state index in [0.717, 1.165) is 31.9 Å². The molecule has 1 aliphatic heterocycles. The molecule has 4 nitrogen and oxygen atoms in total. The van der Waals surface area contributed by atoms with Gasteiger partial charge in [-0.05, 0) is 36.2 Å². The van der Waals surface area contributed by atoms with E-state index in [9.17, 15) is 0 Å². The molecule has 104 valence electrons. The molecule has 2 aromatic rings. The Balaban J connectivity index is 1.77. The zero-order valence-electron chi connectivity index (χ0n) is 11.8. The topological polar surface area (TPSA) is 41.0 Å². The molecule has 0 bridgehead atoms. The maximum absolute atomic E-state index is 4.39. The highest BCUT2D eigenvalue weighted by Crippen LogP contribution is 2.23. The molecule has 1 aliphatic rings. The number of aromatic nitrogens is 2. The summed E-state index contributed by atoms with van der Waals surface area (Å²) >= 11 is 0. The van der Waals surface area contributed by atoms with E-state index >= 15 is 0 Å². The standard InChI is InChI=1S/C16H20N4/c1-13-2-3-14(10-19-13)12-20-9-8-18-11-16(20)15-4-6-17-7-5-15/h2-7,10,16,18H,8-9,11-12H2,1H3. The minimum Gasteiger partial charge on any atom is -0.314 e. The summed E-state index contributed by atoms with van der Waals surface area (Å²) in [6.45, 7) is 6.06. The van der Waals surface area contributed by atoms with Crippen LogP contribution in [0.5, 0.6) is 0 Å². The van der Waals surface area contributed by atoms with Crippen molar-refractivity contribution in [2.24, 2.45) is 0 Å². The van der Waals surface area contributed by atoms with Crippen LogP contribution in [-0.4, -0.2) is 34.5 Å². The number of nitrogens with zero attached hydrogens (tertiary/aromatic N) is 3. The first-order chi connectivity index (χ1) is 9.83. The highest BCUT2D eigenvalue weighted by atomic mass is 15.2. The SMILES string of the molecule is Cc1ccc(CN2CCNCC2c2ccncc2)cn1. The van der Waals surface area contributed by atoms with Gasteiger partial charge in [0.05, 0.1) is 0 Å². The van der Waals surface area contributed by atoms with Gasteiger partial charge < -0.3 is 5.32 Å². The second-order valence-electron chi connectivity index (χ2n) is 5.28. The maximum atomic E-state index is 4.39. The van der Waals surface area contributed by atoms with Crippen LogP contribution in [-0.2, 0) is 6.54 Å². The third kappa shape index (κ3) is 3.03. The van der Waals surface area contributed by atoms with Gasteiger partial charge in [-0.2, -0.15) is 0 Å². The average Bonchev–Trinajstić information content (AvgIpc) is 2.51. The van der Waals surface area contributed by atoms with E-state index in [2.05, 4.69) is 44.5 Å². The van der Waals surface area contributed by atoms with Crippen LogP contribution in [0.25, 0.3) is 0 Å². The normalized spacial score (nSPS) is 19.9. The number of hydrogen-bond donors (Lipinski definition) is 1. The number of rotatable bonds is 3. The molecular weight excluding hydrogens is 248 g/mol. The van der Waals surface area contributed by atoms with Crippen molar-refractivity contribution in [3.63, 3.8) is 0 Å². The third-order valence-corrected chi connectivity index (χ3v) is 3.80. The predicted octanol–water partition coefficient (Wildman–Crippen LogP) is 1.93. The van der Waals surface area contributed by atoms with E-state index in [0.29, 0.717) is 6.04 Å². The summed E-state index contributed by atoms with van der Waals surface area (Å²) in [6.07, 6.45) is 5.73. The van der Waals surface area contributed by atoms with E-state index in [1.54, 1.807) is 0 Å². The summed E-state index contributed by atoms with van der Waals surface area (Å²) in [6, 6.07) is 8.89. The fraction of sp³-hybridized carbons (Fsp3) is 0.375. The van der Waals surface area contributed by atoms with Gasteiger partial charge in [-0.15, -0.1) is 0 Å². The number of nitrogens with one attached hydrogen (secondary N) is 1. The lowest BCUT2D eigenvalue weighted by Gasteiger charge is -2.36. The van der Waals surface area contributed by atoms with Gasteiger partial charge in [0.2, 0.25) is 0 Å². The van der Waals surface area contributed by atoms with Crippen molar-refractivity contribution in [2.75, 3.05) is 19.6 Å². The molecule has 2 aromatic heterocycles. The summed E-state index contributed by atoms with van der Waals surface area (Å²) in [4.78, 5) is 11.0. The first kappa shape index (κ1) is 13.2. The Bertz CT molecular complexity index is 538. The first-order valence-electron chi connectivity index (χ1n) is 7.09. The van der Waals surface area contributed by atoms with Crippen molar-refractivity contribution in [2.45, 2.75) is 19.5 Å². The van der Waals surface area contributed by atoms with E-state index in [4.69, 9.17) is 0 Å². The second kappa shape index (κ2) is 6.11. The zero-order chi connectivity index (χ0) is 13.8. The van der Waals surface area contributed by atoms with Gasteiger partial charge in [0.1, 0.15) is 0 Å². The Morgan fingerprint density at radius 1 is 1.25 bits per heavy atom. The van der Waals surface area contributed by atoms with Crippen LogP contribution in [0.1, 0.15) is 22.9 Å². The average molecular weight is 268 g/mol. The van der Waals surface area contributed by atoms with E-state index < -0.39 is 0 Å². The molecule has 4 heteroatoms. The Labute approximate surface area is 119 Å². The Hall–Kier alpha value is -1.78. The first-order valence-corrected chi connectivity index (χ1v) is 7.09. The monoisotopic (exact) mass is 268 g/mol. The molecule has 1 unspecified atom stereocenters. The fourth-order valence-corrected chi connectivity index (χ4v) is 2.68. The van der Waals surface area contributed by atoms with Gasteiger partial charge in [0.25, 0.3) is 0 Å². The van der Waals surface area contributed by atoms with Crippen molar-refractivity contribution in [1.29, 1.82) is 0 Å². The number of piperazine rings is 1. The lowest BCUT2D eigenvalue weighted by Crippen LogP contribution is -2.45. The minimum atomic E-state index is 0.410. The van der Waals surface area contributed by atoms with Gasteiger partial charge in [-0.1, -0.05) is 6.07 Å². The quantitative estimate of drug-likeness (QED) is 0.923. The van der Waals surface area contributed by atoms with Crippen molar-refractivity contribution in [1.82, 2.24) is 20.2 Å². The largest absolute Gasteiger partial charge is 0.314 e.